The SMILES string of the molecule is COc1ccc(/C(F)=C\F)cc1. The van der Waals surface area contributed by atoms with Gasteiger partial charge in [-0.3, -0.25) is 0 Å². The quantitative estimate of drug-likeness (QED) is 0.663. The van der Waals surface area contributed by atoms with Crippen LogP contribution in [0.1, 0.15) is 5.56 Å². The summed E-state index contributed by atoms with van der Waals surface area (Å²) in [5.74, 6) is -0.261. The topological polar surface area (TPSA) is 9.23 Å². The largest absolute Gasteiger partial charge is 0.497 e. The van der Waals surface area contributed by atoms with E-state index in [9.17, 15) is 8.78 Å². The summed E-state index contributed by atoms with van der Waals surface area (Å²) < 4.78 is 29.1. The Labute approximate surface area is 69.3 Å². The number of benzene rings is 1. The molecule has 3 heteroatoms. The first-order valence-corrected chi connectivity index (χ1v) is 3.38. The molecule has 0 aliphatic rings. The maximum atomic E-state index is 12.5. The van der Waals surface area contributed by atoms with E-state index in [-0.39, 0.29) is 11.9 Å². The summed E-state index contributed by atoms with van der Waals surface area (Å²) >= 11 is 0. The van der Waals surface area contributed by atoms with Crippen molar-refractivity contribution in [1.29, 1.82) is 0 Å². The second-order valence-corrected chi connectivity index (χ2v) is 2.19. The molecule has 0 saturated carbocycles. The molecule has 1 rings (SSSR count). The average Bonchev–Trinajstić information content (AvgIpc) is 2.17. The standard InChI is InChI=1S/C9H8F2O/c1-12-8-4-2-7(3-5-8)9(11)6-10/h2-6H,1H3/b9-6+. The molecule has 0 heterocycles. The van der Waals surface area contributed by atoms with E-state index in [0.717, 1.165) is 0 Å². The number of rotatable bonds is 2. The second kappa shape index (κ2) is 3.85. The molecular formula is C9H8F2O. The molecule has 64 valence electrons. The van der Waals surface area contributed by atoms with Gasteiger partial charge in [-0.05, 0) is 24.3 Å². The Morgan fingerprint density at radius 1 is 1.33 bits per heavy atom. The third-order valence-corrected chi connectivity index (χ3v) is 1.46. The zero-order valence-corrected chi connectivity index (χ0v) is 6.55. The third kappa shape index (κ3) is 1.81. The fraction of sp³-hybridized carbons (Fsp3) is 0.111. The van der Waals surface area contributed by atoms with Crippen molar-refractivity contribution in [3.05, 3.63) is 36.2 Å². The fourth-order valence-electron chi connectivity index (χ4n) is 0.813. The van der Waals surface area contributed by atoms with Crippen LogP contribution in [0.15, 0.2) is 30.6 Å². The maximum Gasteiger partial charge on any atom is 0.158 e. The minimum absolute atomic E-state index is 0.0676. The molecule has 1 aromatic carbocycles. The Balaban J connectivity index is 2.92. The molecule has 0 amide bonds. The van der Waals surface area contributed by atoms with Gasteiger partial charge >= 0.3 is 0 Å². The lowest BCUT2D eigenvalue weighted by atomic mass is 10.2. The Kier molecular flexibility index (Phi) is 2.80. The Bertz CT molecular complexity index is 277. The lowest BCUT2D eigenvalue weighted by Crippen LogP contribution is -1.82. The van der Waals surface area contributed by atoms with Crippen molar-refractivity contribution in [2.75, 3.05) is 7.11 Å². The molecule has 0 bridgehead atoms. The van der Waals surface area contributed by atoms with Crippen LogP contribution in [0.25, 0.3) is 5.83 Å². The van der Waals surface area contributed by atoms with Gasteiger partial charge < -0.3 is 4.74 Å². The van der Waals surface area contributed by atoms with E-state index >= 15 is 0 Å². The predicted molar refractivity (Wildman–Crippen MR) is 43.2 cm³/mol. The van der Waals surface area contributed by atoms with Crippen molar-refractivity contribution < 1.29 is 13.5 Å². The van der Waals surface area contributed by atoms with E-state index in [0.29, 0.717) is 5.75 Å². The van der Waals surface area contributed by atoms with Gasteiger partial charge in [-0.1, -0.05) is 0 Å². The highest BCUT2D eigenvalue weighted by Crippen LogP contribution is 2.19. The monoisotopic (exact) mass is 170 g/mol. The molecule has 0 saturated heterocycles. The van der Waals surface area contributed by atoms with Gasteiger partial charge in [0.1, 0.15) is 12.1 Å². The first-order chi connectivity index (χ1) is 5.77. The molecule has 0 aliphatic carbocycles. The average molecular weight is 170 g/mol. The highest BCUT2D eigenvalue weighted by atomic mass is 19.2. The van der Waals surface area contributed by atoms with Crippen molar-refractivity contribution in [2.45, 2.75) is 0 Å². The lowest BCUT2D eigenvalue weighted by molar-refractivity contribution is 0.414. The summed E-state index contributed by atoms with van der Waals surface area (Å²) in [5.41, 5.74) is 0.207. The summed E-state index contributed by atoms with van der Waals surface area (Å²) in [5, 5.41) is 0. The molecular weight excluding hydrogens is 162 g/mol. The number of hydrogen-bond donors (Lipinski definition) is 0. The number of ether oxygens (including phenoxy) is 1. The van der Waals surface area contributed by atoms with E-state index in [2.05, 4.69) is 0 Å². The third-order valence-electron chi connectivity index (χ3n) is 1.46. The summed E-state index contributed by atoms with van der Waals surface area (Å²) in [6, 6.07) is 6.03. The minimum atomic E-state index is -0.877. The maximum absolute atomic E-state index is 12.5. The highest BCUT2D eigenvalue weighted by Gasteiger charge is 1.99. The van der Waals surface area contributed by atoms with Crippen molar-refractivity contribution in [2.24, 2.45) is 0 Å². The van der Waals surface area contributed by atoms with Crippen LogP contribution in [0.2, 0.25) is 0 Å². The minimum Gasteiger partial charge on any atom is -0.497 e. The normalized spacial score (nSPS) is 11.4. The molecule has 0 aromatic heterocycles. The van der Waals surface area contributed by atoms with Gasteiger partial charge in [-0.2, -0.15) is 0 Å². The van der Waals surface area contributed by atoms with E-state index in [4.69, 9.17) is 4.74 Å². The van der Waals surface area contributed by atoms with Gasteiger partial charge in [0.05, 0.1) is 7.11 Å². The molecule has 0 unspecified atom stereocenters. The van der Waals surface area contributed by atoms with Crippen LogP contribution in [0.3, 0.4) is 0 Å². The van der Waals surface area contributed by atoms with Crippen molar-refractivity contribution in [3.63, 3.8) is 0 Å². The Morgan fingerprint density at radius 2 is 1.92 bits per heavy atom. The number of hydrogen-bond acceptors (Lipinski definition) is 1. The van der Waals surface area contributed by atoms with E-state index in [1.165, 1.54) is 19.2 Å². The zero-order valence-electron chi connectivity index (χ0n) is 6.55. The molecule has 0 N–H and O–H groups in total. The van der Waals surface area contributed by atoms with Crippen molar-refractivity contribution in [3.8, 4) is 5.75 Å². The molecule has 1 aromatic rings. The summed E-state index contributed by atoms with van der Waals surface area (Å²) in [6.45, 7) is 0. The van der Waals surface area contributed by atoms with E-state index < -0.39 is 5.83 Å². The first-order valence-electron chi connectivity index (χ1n) is 3.38. The molecule has 0 aliphatic heterocycles. The molecule has 0 spiro atoms. The van der Waals surface area contributed by atoms with E-state index in [1.807, 2.05) is 0 Å². The van der Waals surface area contributed by atoms with E-state index in [1.54, 1.807) is 12.1 Å². The predicted octanol–water partition coefficient (Wildman–Crippen LogP) is 2.93. The second-order valence-electron chi connectivity index (χ2n) is 2.19. The number of methoxy groups -OCH3 is 1. The van der Waals surface area contributed by atoms with Crippen LogP contribution in [0.4, 0.5) is 8.78 Å². The number of halogens is 2. The van der Waals surface area contributed by atoms with Gasteiger partial charge in [0.25, 0.3) is 0 Å². The smallest absolute Gasteiger partial charge is 0.158 e. The van der Waals surface area contributed by atoms with Crippen molar-refractivity contribution >= 4 is 5.83 Å². The van der Waals surface area contributed by atoms with Gasteiger partial charge in [-0.25, -0.2) is 8.78 Å². The Morgan fingerprint density at radius 3 is 2.33 bits per heavy atom. The van der Waals surface area contributed by atoms with Crippen LogP contribution >= 0.6 is 0 Å². The molecule has 12 heavy (non-hydrogen) atoms. The van der Waals surface area contributed by atoms with Crippen molar-refractivity contribution in [1.82, 2.24) is 0 Å². The first kappa shape index (κ1) is 8.71. The van der Waals surface area contributed by atoms with Crippen LogP contribution < -0.4 is 4.74 Å². The van der Waals surface area contributed by atoms with Crippen LogP contribution in [-0.2, 0) is 0 Å². The molecule has 1 nitrogen and oxygen atoms in total. The van der Waals surface area contributed by atoms with Gasteiger partial charge in [0.15, 0.2) is 5.83 Å². The Hall–Kier alpha value is -1.38. The zero-order chi connectivity index (χ0) is 8.97. The molecule has 0 radical (unpaired) electrons. The fourth-order valence-corrected chi connectivity index (χ4v) is 0.813. The highest BCUT2D eigenvalue weighted by molar-refractivity contribution is 5.58. The summed E-state index contributed by atoms with van der Waals surface area (Å²) in [6.07, 6.45) is -0.0676. The van der Waals surface area contributed by atoms with Crippen LogP contribution in [0.5, 0.6) is 5.75 Å². The van der Waals surface area contributed by atoms with Gasteiger partial charge in [0, 0.05) is 5.56 Å². The van der Waals surface area contributed by atoms with Gasteiger partial charge in [0.2, 0.25) is 0 Å². The molecule has 0 atom stereocenters. The summed E-state index contributed by atoms with van der Waals surface area (Å²) in [7, 11) is 1.51. The summed E-state index contributed by atoms with van der Waals surface area (Å²) in [4.78, 5) is 0. The van der Waals surface area contributed by atoms with Crippen LogP contribution in [0, 0.1) is 0 Å². The van der Waals surface area contributed by atoms with Gasteiger partial charge in [-0.15, -0.1) is 0 Å². The molecule has 0 fully saturated rings. The van der Waals surface area contributed by atoms with Crippen LogP contribution in [-0.4, -0.2) is 7.11 Å². The lowest BCUT2D eigenvalue weighted by Gasteiger charge is -1.99.